The maximum atomic E-state index is 12.1. The van der Waals surface area contributed by atoms with Crippen molar-refractivity contribution < 1.29 is 9.53 Å². The second-order valence-electron chi connectivity index (χ2n) is 6.45. The smallest absolute Gasteiger partial charge is 0.251 e. The molecule has 0 spiro atoms. The van der Waals surface area contributed by atoms with E-state index < -0.39 is 0 Å². The zero-order chi connectivity index (χ0) is 16.9. The Kier molecular flexibility index (Phi) is 5.36. The molecule has 24 heavy (non-hydrogen) atoms. The second kappa shape index (κ2) is 7.67. The Bertz CT molecular complexity index is 701. The number of amides is 1. The van der Waals surface area contributed by atoms with E-state index in [9.17, 15) is 4.79 Å². The maximum Gasteiger partial charge on any atom is 0.251 e. The fourth-order valence-corrected chi connectivity index (χ4v) is 3.52. The molecule has 1 amide bonds. The summed E-state index contributed by atoms with van der Waals surface area (Å²) in [5.41, 5.74) is 6.04. The van der Waals surface area contributed by atoms with Crippen LogP contribution in [-0.4, -0.2) is 30.7 Å². The fourth-order valence-electron chi connectivity index (χ4n) is 3.52. The number of hydrogen-bond acceptors (Lipinski definition) is 2. The minimum atomic E-state index is -0.0540. The van der Waals surface area contributed by atoms with Crippen LogP contribution in [0.5, 0.6) is 0 Å². The van der Waals surface area contributed by atoms with Crippen molar-refractivity contribution in [3.05, 3.63) is 52.8 Å². The van der Waals surface area contributed by atoms with Gasteiger partial charge in [0.1, 0.15) is 0 Å². The summed E-state index contributed by atoms with van der Waals surface area (Å²) in [5, 5.41) is 2.85. The molecule has 0 radical (unpaired) electrons. The number of ether oxygens (including phenoxy) is 1. The minimum absolute atomic E-state index is 0.0540. The Morgan fingerprint density at radius 3 is 2.67 bits per heavy atom. The summed E-state index contributed by atoms with van der Waals surface area (Å²) in [6, 6.07) is 10.2. The SMILES string of the molecule is COCCNC(=O)c1ccc(-n2c(C)cc3c2CCCCC3)cc1. The van der Waals surface area contributed by atoms with Gasteiger partial charge < -0.3 is 14.6 Å². The summed E-state index contributed by atoms with van der Waals surface area (Å²) in [4.78, 5) is 12.1. The van der Waals surface area contributed by atoms with Crippen LogP contribution in [0.25, 0.3) is 5.69 Å². The number of nitrogens with one attached hydrogen (secondary N) is 1. The Morgan fingerprint density at radius 2 is 1.92 bits per heavy atom. The molecule has 0 aliphatic heterocycles. The van der Waals surface area contributed by atoms with E-state index in [2.05, 4.69) is 22.9 Å². The number of benzene rings is 1. The Balaban J connectivity index is 1.81. The van der Waals surface area contributed by atoms with Crippen molar-refractivity contribution >= 4 is 5.91 Å². The summed E-state index contributed by atoms with van der Waals surface area (Å²) in [6.45, 7) is 3.22. The molecule has 0 unspecified atom stereocenters. The van der Waals surface area contributed by atoms with Crippen molar-refractivity contribution in [2.45, 2.75) is 39.0 Å². The van der Waals surface area contributed by atoms with Gasteiger partial charge in [-0.15, -0.1) is 0 Å². The summed E-state index contributed by atoms with van der Waals surface area (Å²) in [5.74, 6) is -0.0540. The first kappa shape index (κ1) is 16.8. The fraction of sp³-hybridized carbons (Fsp3) is 0.450. The molecule has 1 N–H and O–H groups in total. The standard InChI is InChI=1S/C20H26N2O2/c1-15-14-17-6-4-3-5-7-19(17)22(15)18-10-8-16(9-11-18)20(23)21-12-13-24-2/h8-11,14H,3-7,12-13H2,1-2H3,(H,21,23). The van der Waals surface area contributed by atoms with E-state index in [1.165, 1.54) is 42.6 Å². The van der Waals surface area contributed by atoms with Crippen molar-refractivity contribution in [2.24, 2.45) is 0 Å². The third-order valence-electron chi connectivity index (χ3n) is 4.72. The van der Waals surface area contributed by atoms with Gasteiger partial charge >= 0.3 is 0 Å². The quantitative estimate of drug-likeness (QED) is 0.676. The first-order valence-electron chi connectivity index (χ1n) is 8.78. The highest BCUT2D eigenvalue weighted by molar-refractivity contribution is 5.94. The molecule has 128 valence electrons. The van der Waals surface area contributed by atoms with Crippen molar-refractivity contribution in [3.8, 4) is 5.69 Å². The lowest BCUT2D eigenvalue weighted by Gasteiger charge is -2.13. The molecule has 4 heteroatoms. The van der Waals surface area contributed by atoms with Gasteiger partial charge in [0.25, 0.3) is 5.91 Å². The molecule has 1 heterocycles. The van der Waals surface area contributed by atoms with E-state index in [-0.39, 0.29) is 5.91 Å². The second-order valence-corrected chi connectivity index (χ2v) is 6.45. The highest BCUT2D eigenvalue weighted by Gasteiger charge is 2.16. The van der Waals surface area contributed by atoms with Crippen LogP contribution in [0.1, 0.15) is 46.6 Å². The van der Waals surface area contributed by atoms with Crippen LogP contribution in [0.15, 0.2) is 30.3 Å². The maximum absolute atomic E-state index is 12.1. The van der Waals surface area contributed by atoms with E-state index in [1.54, 1.807) is 7.11 Å². The normalized spacial score (nSPS) is 14.1. The lowest BCUT2D eigenvalue weighted by Crippen LogP contribution is -2.26. The molecule has 3 rings (SSSR count). The van der Waals surface area contributed by atoms with E-state index in [0.717, 1.165) is 12.1 Å². The molecule has 1 aromatic heterocycles. The van der Waals surface area contributed by atoms with Crippen molar-refractivity contribution in [1.29, 1.82) is 0 Å². The molecule has 0 saturated heterocycles. The molecular formula is C20H26N2O2. The molecule has 0 bridgehead atoms. The predicted octanol–water partition coefficient (Wildman–Crippen LogP) is 3.43. The first-order valence-corrected chi connectivity index (χ1v) is 8.78. The molecule has 0 fully saturated rings. The van der Waals surface area contributed by atoms with Gasteiger partial charge in [-0.2, -0.15) is 0 Å². The van der Waals surface area contributed by atoms with Crippen LogP contribution < -0.4 is 5.32 Å². The Morgan fingerprint density at radius 1 is 1.17 bits per heavy atom. The third kappa shape index (κ3) is 3.54. The molecule has 2 aromatic rings. The van der Waals surface area contributed by atoms with E-state index in [1.807, 2.05) is 24.3 Å². The number of rotatable bonds is 5. The first-order chi connectivity index (χ1) is 11.7. The molecule has 1 aromatic carbocycles. The van der Waals surface area contributed by atoms with Crippen molar-refractivity contribution in [3.63, 3.8) is 0 Å². The third-order valence-corrected chi connectivity index (χ3v) is 4.72. The van der Waals surface area contributed by atoms with Crippen LogP contribution in [0.4, 0.5) is 0 Å². The summed E-state index contributed by atoms with van der Waals surface area (Å²) < 4.78 is 7.31. The number of hydrogen-bond donors (Lipinski definition) is 1. The van der Waals surface area contributed by atoms with Gasteiger partial charge in [-0.1, -0.05) is 6.42 Å². The number of carbonyl (C=O) groups excluding carboxylic acids is 1. The minimum Gasteiger partial charge on any atom is -0.383 e. The van der Waals surface area contributed by atoms with Crippen LogP contribution in [0.3, 0.4) is 0 Å². The van der Waals surface area contributed by atoms with Crippen LogP contribution in [0.2, 0.25) is 0 Å². The largest absolute Gasteiger partial charge is 0.383 e. The van der Waals surface area contributed by atoms with Gasteiger partial charge in [0, 0.05) is 36.3 Å². The predicted molar refractivity (Wildman–Crippen MR) is 96.0 cm³/mol. The number of fused-ring (bicyclic) bond motifs is 1. The van der Waals surface area contributed by atoms with E-state index in [0.29, 0.717) is 18.7 Å². The molecule has 0 saturated carbocycles. The van der Waals surface area contributed by atoms with Gasteiger partial charge in [-0.25, -0.2) is 0 Å². The van der Waals surface area contributed by atoms with Crippen LogP contribution >= 0.6 is 0 Å². The van der Waals surface area contributed by atoms with E-state index >= 15 is 0 Å². The Labute approximate surface area is 143 Å². The van der Waals surface area contributed by atoms with Crippen molar-refractivity contribution in [2.75, 3.05) is 20.3 Å². The summed E-state index contributed by atoms with van der Waals surface area (Å²) in [6.07, 6.45) is 6.19. The molecule has 4 nitrogen and oxygen atoms in total. The highest BCUT2D eigenvalue weighted by atomic mass is 16.5. The van der Waals surface area contributed by atoms with Gasteiger partial charge in [0.05, 0.1) is 6.61 Å². The van der Waals surface area contributed by atoms with Gasteiger partial charge in [-0.05, 0) is 68.5 Å². The van der Waals surface area contributed by atoms with E-state index in [4.69, 9.17) is 4.74 Å². The topological polar surface area (TPSA) is 43.3 Å². The highest BCUT2D eigenvalue weighted by Crippen LogP contribution is 2.27. The zero-order valence-corrected chi connectivity index (χ0v) is 14.6. The summed E-state index contributed by atoms with van der Waals surface area (Å²) >= 11 is 0. The average Bonchev–Trinajstić information content (AvgIpc) is 2.75. The van der Waals surface area contributed by atoms with Gasteiger partial charge in [-0.3, -0.25) is 4.79 Å². The molecular weight excluding hydrogens is 300 g/mol. The lowest BCUT2D eigenvalue weighted by molar-refractivity contribution is 0.0937. The monoisotopic (exact) mass is 326 g/mol. The zero-order valence-electron chi connectivity index (χ0n) is 14.6. The van der Waals surface area contributed by atoms with Crippen molar-refractivity contribution in [1.82, 2.24) is 9.88 Å². The number of nitrogens with zero attached hydrogens (tertiary/aromatic N) is 1. The van der Waals surface area contributed by atoms with Gasteiger partial charge in [0.2, 0.25) is 0 Å². The number of carbonyl (C=O) groups is 1. The number of aromatic nitrogens is 1. The molecule has 1 aliphatic rings. The Hall–Kier alpha value is -2.07. The molecule has 0 atom stereocenters. The molecule has 1 aliphatic carbocycles. The number of methoxy groups -OCH3 is 1. The van der Waals surface area contributed by atoms with Crippen LogP contribution in [-0.2, 0) is 17.6 Å². The average molecular weight is 326 g/mol. The number of aryl methyl sites for hydroxylation is 2. The summed E-state index contributed by atoms with van der Waals surface area (Å²) in [7, 11) is 1.63. The van der Waals surface area contributed by atoms with Gasteiger partial charge in [0.15, 0.2) is 0 Å². The lowest BCUT2D eigenvalue weighted by atomic mass is 10.1. The van der Waals surface area contributed by atoms with Crippen LogP contribution in [0, 0.1) is 6.92 Å².